The van der Waals surface area contributed by atoms with Gasteiger partial charge >= 0.3 is 0 Å². The second kappa shape index (κ2) is 7.07. The Kier molecular flexibility index (Phi) is 5.73. The summed E-state index contributed by atoms with van der Waals surface area (Å²) in [6.07, 6.45) is 0. The fraction of sp³-hybridized carbons (Fsp3) is 0.500. The van der Waals surface area contributed by atoms with E-state index in [0.29, 0.717) is 12.5 Å². The van der Waals surface area contributed by atoms with Crippen molar-refractivity contribution in [2.45, 2.75) is 32.7 Å². The molecule has 0 aromatic heterocycles. The minimum Gasteiger partial charge on any atom is -0.356 e. The first-order valence-electron chi connectivity index (χ1n) is 6.36. The third-order valence-corrected chi connectivity index (χ3v) is 2.74. The molecular weight excluding hydrogens is 248 g/mol. The SMILES string of the molecule is CN=C(NCC(C)c1ccc(F)c(F)c1)NC(C)C. The molecular formula is C14H21F2N3. The summed E-state index contributed by atoms with van der Waals surface area (Å²) >= 11 is 0. The lowest BCUT2D eigenvalue weighted by molar-refractivity contribution is 0.505. The number of hydrogen-bond donors (Lipinski definition) is 2. The van der Waals surface area contributed by atoms with E-state index >= 15 is 0 Å². The maximum Gasteiger partial charge on any atom is 0.191 e. The summed E-state index contributed by atoms with van der Waals surface area (Å²) in [4.78, 5) is 4.09. The Labute approximate surface area is 113 Å². The lowest BCUT2D eigenvalue weighted by Gasteiger charge is -2.18. The second-order valence-electron chi connectivity index (χ2n) is 4.83. The van der Waals surface area contributed by atoms with Crippen LogP contribution >= 0.6 is 0 Å². The molecule has 106 valence electrons. The Balaban J connectivity index is 2.59. The zero-order valence-corrected chi connectivity index (χ0v) is 11.8. The smallest absolute Gasteiger partial charge is 0.191 e. The first-order valence-corrected chi connectivity index (χ1v) is 6.36. The van der Waals surface area contributed by atoms with E-state index in [4.69, 9.17) is 0 Å². The van der Waals surface area contributed by atoms with Crippen LogP contribution in [0.2, 0.25) is 0 Å². The quantitative estimate of drug-likeness (QED) is 0.651. The van der Waals surface area contributed by atoms with Crippen LogP contribution in [0.25, 0.3) is 0 Å². The molecule has 0 amide bonds. The van der Waals surface area contributed by atoms with Gasteiger partial charge in [-0.05, 0) is 37.5 Å². The Morgan fingerprint density at radius 3 is 2.42 bits per heavy atom. The molecule has 1 aromatic rings. The van der Waals surface area contributed by atoms with Gasteiger partial charge in [-0.2, -0.15) is 0 Å². The molecule has 0 aliphatic carbocycles. The van der Waals surface area contributed by atoms with Gasteiger partial charge in [0.1, 0.15) is 0 Å². The van der Waals surface area contributed by atoms with Crippen LogP contribution in [0.4, 0.5) is 8.78 Å². The monoisotopic (exact) mass is 269 g/mol. The molecule has 0 saturated carbocycles. The summed E-state index contributed by atoms with van der Waals surface area (Å²) in [6.45, 7) is 6.58. The average molecular weight is 269 g/mol. The average Bonchev–Trinajstić information content (AvgIpc) is 2.36. The normalized spacial score (nSPS) is 13.5. The van der Waals surface area contributed by atoms with E-state index in [1.54, 1.807) is 13.1 Å². The van der Waals surface area contributed by atoms with Crippen LogP contribution in [0.15, 0.2) is 23.2 Å². The van der Waals surface area contributed by atoms with Gasteiger partial charge in [-0.25, -0.2) is 8.78 Å². The maximum atomic E-state index is 13.1. The van der Waals surface area contributed by atoms with E-state index in [1.165, 1.54) is 6.07 Å². The zero-order chi connectivity index (χ0) is 14.4. The van der Waals surface area contributed by atoms with Crippen LogP contribution in [-0.4, -0.2) is 25.6 Å². The Hall–Kier alpha value is -1.65. The van der Waals surface area contributed by atoms with Crippen molar-refractivity contribution >= 4 is 5.96 Å². The predicted octanol–water partition coefficient (Wildman–Crippen LogP) is 2.64. The molecule has 0 spiro atoms. The first kappa shape index (κ1) is 15.4. The van der Waals surface area contributed by atoms with Crippen LogP contribution in [0.5, 0.6) is 0 Å². The highest BCUT2D eigenvalue weighted by Gasteiger charge is 2.10. The topological polar surface area (TPSA) is 36.4 Å². The van der Waals surface area contributed by atoms with Crippen LogP contribution < -0.4 is 10.6 Å². The molecule has 1 unspecified atom stereocenters. The van der Waals surface area contributed by atoms with Crippen molar-refractivity contribution in [3.63, 3.8) is 0 Å². The van der Waals surface area contributed by atoms with E-state index < -0.39 is 11.6 Å². The van der Waals surface area contributed by atoms with Gasteiger partial charge in [0.05, 0.1) is 0 Å². The fourth-order valence-corrected chi connectivity index (χ4v) is 1.65. The molecule has 0 heterocycles. The van der Waals surface area contributed by atoms with Gasteiger partial charge in [-0.15, -0.1) is 0 Å². The molecule has 0 saturated heterocycles. The molecule has 0 fully saturated rings. The Bertz CT molecular complexity index is 444. The lowest BCUT2D eigenvalue weighted by Crippen LogP contribution is -2.42. The summed E-state index contributed by atoms with van der Waals surface area (Å²) in [5, 5.41) is 6.32. The summed E-state index contributed by atoms with van der Waals surface area (Å²) < 4.78 is 26.0. The van der Waals surface area contributed by atoms with Crippen LogP contribution in [0, 0.1) is 11.6 Å². The van der Waals surface area contributed by atoms with Gasteiger partial charge in [-0.1, -0.05) is 13.0 Å². The number of hydrogen-bond acceptors (Lipinski definition) is 1. The van der Waals surface area contributed by atoms with E-state index in [0.717, 1.165) is 11.6 Å². The van der Waals surface area contributed by atoms with E-state index in [2.05, 4.69) is 15.6 Å². The summed E-state index contributed by atoms with van der Waals surface area (Å²) in [7, 11) is 1.69. The minimum atomic E-state index is -0.818. The van der Waals surface area contributed by atoms with Crippen molar-refractivity contribution in [2.75, 3.05) is 13.6 Å². The molecule has 2 N–H and O–H groups in total. The van der Waals surface area contributed by atoms with Crippen molar-refractivity contribution < 1.29 is 8.78 Å². The molecule has 0 bridgehead atoms. The minimum absolute atomic E-state index is 0.0563. The van der Waals surface area contributed by atoms with Crippen molar-refractivity contribution in [2.24, 2.45) is 4.99 Å². The molecule has 5 heteroatoms. The number of benzene rings is 1. The van der Waals surface area contributed by atoms with E-state index in [-0.39, 0.29) is 12.0 Å². The van der Waals surface area contributed by atoms with Crippen LogP contribution in [-0.2, 0) is 0 Å². The fourth-order valence-electron chi connectivity index (χ4n) is 1.65. The summed E-state index contributed by atoms with van der Waals surface area (Å²) in [6, 6.07) is 4.27. The molecule has 0 aliphatic heterocycles. The van der Waals surface area contributed by atoms with Gasteiger partial charge in [0.2, 0.25) is 0 Å². The molecule has 0 radical (unpaired) electrons. The Morgan fingerprint density at radius 1 is 1.21 bits per heavy atom. The lowest BCUT2D eigenvalue weighted by atomic mass is 10.0. The predicted molar refractivity (Wildman–Crippen MR) is 74.4 cm³/mol. The number of guanidine groups is 1. The van der Waals surface area contributed by atoms with Gasteiger partial charge in [0, 0.05) is 19.6 Å². The third kappa shape index (κ3) is 4.85. The van der Waals surface area contributed by atoms with Crippen molar-refractivity contribution in [3.05, 3.63) is 35.4 Å². The molecule has 1 atom stereocenters. The van der Waals surface area contributed by atoms with Crippen molar-refractivity contribution in [1.82, 2.24) is 10.6 Å². The standard InChI is InChI=1S/C14H21F2N3/c1-9(2)19-14(17-4)18-8-10(3)11-5-6-12(15)13(16)7-11/h5-7,9-10H,8H2,1-4H3,(H2,17,18,19). The van der Waals surface area contributed by atoms with Gasteiger partial charge in [-0.3, -0.25) is 4.99 Å². The van der Waals surface area contributed by atoms with Crippen LogP contribution in [0.3, 0.4) is 0 Å². The number of nitrogens with one attached hydrogen (secondary N) is 2. The van der Waals surface area contributed by atoms with Gasteiger partial charge in [0.15, 0.2) is 17.6 Å². The van der Waals surface area contributed by atoms with Gasteiger partial charge < -0.3 is 10.6 Å². The number of halogens is 2. The highest BCUT2D eigenvalue weighted by molar-refractivity contribution is 5.79. The molecule has 19 heavy (non-hydrogen) atoms. The van der Waals surface area contributed by atoms with Crippen LogP contribution in [0.1, 0.15) is 32.3 Å². The summed E-state index contributed by atoms with van der Waals surface area (Å²) in [5.74, 6) is -0.875. The largest absolute Gasteiger partial charge is 0.356 e. The highest BCUT2D eigenvalue weighted by atomic mass is 19.2. The molecule has 0 aliphatic rings. The maximum absolute atomic E-state index is 13.1. The Morgan fingerprint density at radius 2 is 1.89 bits per heavy atom. The van der Waals surface area contributed by atoms with Crippen molar-refractivity contribution in [3.8, 4) is 0 Å². The zero-order valence-electron chi connectivity index (χ0n) is 11.8. The van der Waals surface area contributed by atoms with Gasteiger partial charge in [0.25, 0.3) is 0 Å². The molecule has 1 rings (SSSR count). The number of rotatable bonds is 4. The number of aliphatic imine (C=N–C) groups is 1. The molecule has 1 aromatic carbocycles. The van der Waals surface area contributed by atoms with E-state index in [9.17, 15) is 8.78 Å². The van der Waals surface area contributed by atoms with Crippen molar-refractivity contribution in [1.29, 1.82) is 0 Å². The van der Waals surface area contributed by atoms with E-state index in [1.807, 2.05) is 20.8 Å². The second-order valence-corrected chi connectivity index (χ2v) is 4.83. The molecule has 3 nitrogen and oxygen atoms in total. The highest BCUT2D eigenvalue weighted by Crippen LogP contribution is 2.17. The first-order chi connectivity index (χ1) is 8.93. The number of nitrogens with zero attached hydrogens (tertiary/aromatic N) is 1. The third-order valence-electron chi connectivity index (χ3n) is 2.74. The summed E-state index contributed by atoms with van der Waals surface area (Å²) in [5.41, 5.74) is 0.756.